The molecule has 0 bridgehead atoms. The number of aliphatic hydroxyl groups excluding tert-OH is 1. The Morgan fingerprint density at radius 2 is 1.11 bits per heavy atom. The van der Waals surface area contributed by atoms with Gasteiger partial charge >= 0.3 is 6.97 Å². The van der Waals surface area contributed by atoms with Crippen LogP contribution in [0.2, 0.25) is 0 Å². The molecule has 0 aliphatic carbocycles. The van der Waals surface area contributed by atoms with Gasteiger partial charge in [0.1, 0.15) is 60.7 Å². The van der Waals surface area contributed by atoms with Crippen molar-refractivity contribution < 1.29 is 80.4 Å². The molecule has 652 valence electrons. The first kappa shape index (κ1) is 94.7. The van der Waals surface area contributed by atoms with Gasteiger partial charge in [-0.25, -0.2) is 0 Å². The van der Waals surface area contributed by atoms with E-state index in [0.717, 1.165) is 14.7 Å². The van der Waals surface area contributed by atoms with Gasteiger partial charge in [0, 0.05) is 82.1 Å². The Morgan fingerprint density at radius 1 is 0.574 bits per heavy atom. The number of halogens is 2. The molecule has 2 aliphatic heterocycles. The summed E-state index contributed by atoms with van der Waals surface area (Å²) in [7, 11) is 3.83. The lowest BCUT2D eigenvalue weighted by atomic mass is 9.83. The van der Waals surface area contributed by atoms with Crippen LogP contribution in [-0.4, -0.2) is 213 Å². The minimum atomic E-state index is -4.15. The lowest BCUT2D eigenvalue weighted by Crippen LogP contribution is -2.61. The van der Waals surface area contributed by atoms with Crippen LogP contribution in [0.4, 0.5) is 25.7 Å². The number of azo groups is 1. The second-order valence-electron chi connectivity index (χ2n) is 30.4. The molecule has 8 rings (SSSR count). The van der Waals surface area contributed by atoms with E-state index in [1.165, 1.54) is 13.8 Å². The normalized spacial score (nSPS) is 14.9. The molecule has 33 nitrogen and oxygen atoms in total. The average Bonchev–Trinajstić information content (AvgIpc) is 1.55. The van der Waals surface area contributed by atoms with Crippen molar-refractivity contribution in [1.82, 2.24) is 63.0 Å². The number of aromatic nitrogens is 1. The Bertz CT molecular complexity index is 4850. The number of benzene rings is 5. The third-order valence-electron chi connectivity index (χ3n) is 20.7. The molecule has 2 aliphatic rings. The predicted molar refractivity (Wildman–Crippen MR) is 458 cm³/mol. The summed E-state index contributed by atoms with van der Waals surface area (Å²) in [6.07, 6.45) is 2.46. The number of allylic oxidation sites excluding steroid dienone is 2. The van der Waals surface area contributed by atoms with E-state index >= 15 is 8.63 Å². The molecule has 0 spiro atoms. The maximum Gasteiger partial charge on any atom is 0.737 e. The van der Waals surface area contributed by atoms with E-state index in [-0.39, 0.29) is 95.4 Å². The van der Waals surface area contributed by atoms with Gasteiger partial charge in [-0.15, -0.1) is 5.11 Å². The number of hydrogen-bond acceptors (Lipinski definition) is 18. The molecule has 0 saturated carbocycles. The van der Waals surface area contributed by atoms with E-state index in [4.69, 9.17) is 26.4 Å². The quantitative estimate of drug-likeness (QED) is 0.00818. The van der Waals surface area contributed by atoms with Crippen molar-refractivity contribution in [2.75, 3.05) is 71.7 Å². The molecule has 11 amide bonds. The summed E-state index contributed by atoms with van der Waals surface area (Å²) in [5.74, 6) is -9.37. The molecule has 0 unspecified atom stereocenters. The highest BCUT2D eigenvalue weighted by Crippen LogP contribution is 2.44. The van der Waals surface area contributed by atoms with Gasteiger partial charge in [-0.05, 0) is 155 Å². The molecule has 6 aromatic rings. The van der Waals surface area contributed by atoms with Gasteiger partial charge in [0.15, 0.2) is 11.7 Å². The highest BCUT2D eigenvalue weighted by Gasteiger charge is 2.55. The number of unbranched alkanes of at least 4 members (excludes halogenated alkanes) is 1. The largest absolute Gasteiger partial charge is 0.737 e. The van der Waals surface area contributed by atoms with E-state index in [1.807, 2.05) is 45.0 Å². The van der Waals surface area contributed by atoms with Crippen molar-refractivity contribution >= 4 is 106 Å². The van der Waals surface area contributed by atoms with Crippen LogP contribution >= 0.6 is 0 Å². The number of nitrogens with two attached hydrogens (primary N) is 2. The Kier molecular flexibility index (Phi) is 35.3. The molecule has 17 N–H and O–H groups in total. The fourth-order valence-corrected chi connectivity index (χ4v) is 14.0. The third-order valence-corrected chi connectivity index (χ3v) is 20.7. The van der Waals surface area contributed by atoms with Crippen LogP contribution in [0.3, 0.4) is 0 Å². The smallest absolute Gasteiger partial charge is 0.394 e. The van der Waals surface area contributed by atoms with Crippen LogP contribution in [0.15, 0.2) is 167 Å². The summed E-state index contributed by atoms with van der Waals surface area (Å²) in [5, 5.41) is 56.0. The van der Waals surface area contributed by atoms with Crippen LogP contribution in [-0.2, 0) is 65.5 Å². The Morgan fingerprint density at radius 3 is 1.73 bits per heavy atom. The van der Waals surface area contributed by atoms with Crippen LogP contribution in [0, 0.1) is 25.2 Å². The van der Waals surface area contributed by atoms with Gasteiger partial charge in [0.2, 0.25) is 53.2 Å². The highest BCUT2D eigenvalue weighted by atomic mass is 19.2. The number of fused-ring (bicyclic) bond motifs is 2. The number of ether oxygens (including phenoxy) is 2. The number of anilines is 1. The van der Waals surface area contributed by atoms with Gasteiger partial charge < -0.3 is 107 Å². The fourth-order valence-electron chi connectivity index (χ4n) is 14.0. The molecule has 0 fully saturated rings. The molecule has 122 heavy (non-hydrogen) atoms. The first-order chi connectivity index (χ1) is 58.2. The molecule has 3 heterocycles. The summed E-state index contributed by atoms with van der Waals surface area (Å²) < 4.78 is 45.6. The SMILES string of the molecule is CC[C@@H](C)[C@H](NC(=O)[C@H](C)NC(=O)COCCOCCNC(=O)c1ccc(C2=C3C(C)=CC(C)=[N+]3[B-](F)(F)n3c(C)cc(C)c32)cc1)C(=O)N[C@@H](C)C(=O)N[C@@H](Cc1ccccc1)C(=O)N[C@@H](Cc1ccccc1)C(=O)N[C@@H](CO)C(=O)N[C@@H](CCCNC(=N)N)C(=O)N[C@@H](CCCCNC(=O)c1ccccc1N=Nc1ccc(N(C)C)cc1)C(N)=O. The molecule has 1 aromatic heterocycles. The molecule has 5 aromatic carbocycles. The Balaban J connectivity index is 0.808. The van der Waals surface area contributed by atoms with Crippen molar-refractivity contribution in [2.24, 2.45) is 27.6 Å². The number of nitrogens with zero attached hydrogens (tertiary/aromatic N) is 5. The maximum absolute atomic E-state index is 16.1. The van der Waals surface area contributed by atoms with Crippen LogP contribution in [0.1, 0.15) is 134 Å². The second-order valence-corrected chi connectivity index (χ2v) is 30.4. The van der Waals surface area contributed by atoms with Gasteiger partial charge in [-0.1, -0.05) is 105 Å². The maximum atomic E-state index is 16.1. The number of rotatable bonds is 46. The van der Waals surface area contributed by atoms with Crippen molar-refractivity contribution in [2.45, 2.75) is 155 Å². The fraction of sp³-hybridized carbons (Fsp3) is 0.407. The average molecular weight is 1680 g/mol. The zero-order chi connectivity index (χ0) is 88.9. The van der Waals surface area contributed by atoms with E-state index in [2.05, 4.69) is 68.7 Å². The number of guanidine groups is 1. The number of hydrogen-bond donors (Lipinski definition) is 15. The predicted octanol–water partition coefficient (Wildman–Crippen LogP) is 4.57. The first-order valence-corrected chi connectivity index (χ1v) is 40.6. The van der Waals surface area contributed by atoms with Crippen LogP contribution < -0.4 is 74.9 Å². The number of nitrogens with one attached hydrogen (secondary N) is 12. The zero-order valence-electron chi connectivity index (χ0n) is 70.3. The minimum Gasteiger partial charge on any atom is -0.394 e. The Hall–Kier alpha value is -12.8. The number of carbonyl (C=O) groups excluding carboxylic acids is 11. The minimum absolute atomic E-state index is 0.0188. The summed E-state index contributed by atoms with van der Waals surface area (Å²) in [6.45, 7) is 8.05. The third kappa shape index (κ3) is 26.6. The van der Waals surface area contributed by atoms with Gasteiger partial charge in [0.05, 0.1) is 48.9 Å². The molecule has 0 saturated heterocycles. The molecule has 36 heteroatoms. The first-order valence-electron chi connectivity index (χ1n) is 40.6. The zero-order valence-corrected chi connectivity index (χ0v) is 70.3. The molecular formula is C86H112BF2N19O14. The van der Waals surface area contributed by atoms with Crippen molar-refractivity contribution in [3.8, 4) is 0 Å². The number of carbonyl (C=O) groups is 11. The van der Waals surface area contributed by atoms with E-state index in [0.29, 0.717) is 86.0 Å². The number of aryl methyl sites for hydroxylation is 2. The van der Waals surface area contributed by atoms with Gasteiger partial charge in [-0.2, -0.15) is 5.11 Å². The second kappa shape index (κ2) is 45.5. The van der Waals surface area contributed by atoms with Crippen molar-refractivity contribution in [3.05, 3.63) is 202 Å². The lowest BCUT2D eigenvalue weighted by Gasteiger charge is -2.34. The standard InChI is InChI=1S/C86H112BF2N19O14/c1-11-51(2)73(103-78(113)56(7)96-71(110)50-122-44-43-121-42-41-94-79(114)61-33-31-60(32-34-61)72-74-52(3)45-54(5)107(74)87(88,89)108-55(6)46-53(4)75(72)108)85(120)97-57(8)77(112)100-68(47-58-23-14-12-15-24-58)82(117)101-69(48-59-25-16-13-17-26-59)83(118)102-70(49-109)84(119)99-67(30-22-40-95-86(91)92)81(116)98-66(76(90)111)29-20-21-39-93-80(115)64-27-18-19-28-65(64)105-104-62-35-37-63(38-36-62)106(9)10/h12-19,23-28,31-38,45-46,51,56-57,66-70,73,109H,11,20-22,29-30,39-44,47-50H2,1-10H3,(H2,90,111)(H,93,115)(H,94,114)(H,96,110)(H,97,120)(H,98,116)(H,99,119)(H,100,112)(H,101,117)(H,102,118)(H,103,113)(H4,91,92,95)/t51-,56+,57+,66+,67+,68+,69+,70+,73+/m1/s1. The number of aliphatic hydroxyl groups is 1. The van der Waals surface area contributed by atoms with E-state index in [9.17, 15) is 57.8 Å². The van der Waals surface area contributed by atoms with Crippen LogP contribution in [0.5, 0.6) is 0 Å². The van der Waals surface area contributed by atoms with Gasteiger partial charge in [-0.3, -0.25) is 58.1 Å². The summed E-state index contributed by atoms with van der Waals surface area (Å²) >= 11 is 0. The van der Waals surface area contributed by atoms with Crippen molar-refractivity contribution in [1.29, 1.82) is 5.41 Å². The summed E-state index contributed by atoms with van der Waals surface area (Å²) in [5.41, 5.74) is 19.4. The summed E-state index contributed by atoms with van der Waals surface area (Å²) in [6, 6.07) is 28.5. The highest BCUT2D eigenvalue weighted by molar-refractivity contribution is 6.58. The van der Waals surface area contributed by atoms with Crippen LogP contribution in [0.25, 0.3) is 5.57 Å². The number of amides is 11. The molecular weight excluding hydrogens is 1570 g/mol. The van der Waals surface area contributed by atoms with Gasteiger partial charge in [0.25, 0.3) is 11.8 Å². The Labute approximate surface area is 707 Å². The molecule has 9 atom stereocenters. The van der Waals surface area contributed by atoms with E-state index in [1.54, 1.807) is 161 Å². The van der Waals surface area contributed by atoms with E-state index < -0.39 is 134 Å². The monoisotopic (exact) mass is 1680 g/mol. The molecule has 0 radical (unpaired) electrons. The topological polar surface area (TPSA) is 471 Å². The number of primary amides is 1. The van der Waals surface area contributed by atoms with Crippen molar-refractivity contribution in [3.63, 3.8) is 0 Å². The summed E-state index contributed by atoms with van der Waals surface area (Å²) in [4.78, 5) is 154. The lowest BCUT2D eigenvalue weighted by molar-refractivity contribution is -0.363.